The number of para-hydroxylation sites is 1. The zero-order chi connectivity index (χ0) is 18.8. The van der Waals surface area contributed by atoms with Crippen molar-refractivity contribution in [2.75, 3.05) is 5.32 Å². The van der Waals surface area contributed by atoms with Crippen LogP contribution in [0, 0.1) is 18.3 Å². The number of nitrogens with zero attached hydrogens (tertiary/aromatic N) is 3. The van der Waals surface area contributed by atoms with Crippen molar-refractivity contribution < 1.29 is 4.79 Å². The lowest BCUT2D eigenvalue weighted by molar-refractivity contribution is 0.102. The standard InChI is InChI=1S/C22H16N4O/c1-15-24-20-13-18(25-22(27)17-9-7-16(14-23)8-10-17)11-12-21(20)26(15)19-5-3-2-4-6-19/h2-13H,1H3,(H,25,27). The van der Waals surface area contributed by atoms with Gasteiger partial charge in [-0.25, -0.2) is 4.98 Å². The van der Waals surface area contributed by atoms with E-state index in [1.807, 2.05) is 61.5 Å². The zero-order valence-electron chi connectivity index (χ0n) is 14.7. The van der Waals surface area contributed by atoms with E-state index in [0.717, 1.165) is 22.5 Å². The number of aromatic nitrogens is 2. The summed E-state index contributed by atoms with van der Waals surface area (Å²) in [4.78, 5) is 17.1. The maximum Gasteiger partial charge on any atom is 0.255 e. The second kappa shape index (κ2) is 6.77. The summed E-state index contributed by atoms with van der Waals surface area (Å²) in [5, 5.41) is 11.7. The Hall–Kier alpha value is -3.91. The van der Waals surface area contributed by atoms with Gasteiger partial charge in [-0.15, -0.1) is 0 Å². The highest BCUT2D eigenvalue weighted by Crippen LogP contribution is 2.24. The first kappa shape index (κ1) is 16.6. The van der Waals surface area contributed by atoms with Gasteiger partial charge >= 0.3 is 0 Å². The molecule has 0 aliphatic carbocycles. The topological polar surface area (TPSA) is 70.7 Å². The minimum atomic E-state index is -0.224. The van der Waals surface area contributed by atoms with Crippen molar-refractivity contribution in [3.05, 3.63) is 89.7 Å². The van der Waals surface area contributed by atoms with Crippen LogP contribution >= 0.6 is 0 Å². The van der Waals surface area contributed by atoms with E-state index in [0.29, 0.717) is 16.8 Å². The molecule has 1 heterocycles. The third-order valence-electron chi connectivity index (χ3n) is 4.37. The first-order valence-electron chi connectivity index (χ1n) is 8.52. The molecule has 4 rings (SSSR count). The van der Waals surface area contributed by atoms with E-state index in [1.54, 1.807) is 24.3 Å². The summed E-state index contributed by atoms with van der Waals surface area (Å²) < 4.78 is 2.08. The van der Waals surface area contributed by atoms with E-state index < -0.39 is 0 Å². The van der Waals surface area contributed by atoms with Crippen molar-refractivity contribution in [2.24, 2.45) is 0 Å². The van der Waals surface area contributed by atoms with Gasteiger partial charge in [-0.1, -0.05) is 18.2 Å². The molecule has 1 N–H and O–H groups in total. The summed E-state index contributed by atoms with van der Waals surface area (Å²) in [6.07, 6.45) is 0. The van der Waals surface area contributed by atoms with E-state index >= 15 is 0 Å². The number of hydrogen-bond acceptors (Lipinski definition) is 3. The van der Waals surface area contributed by atoms with Gasteiger partial charge in [-0.05, 0) is 61.5 Å². The van der Waals surface area contributed by atoms with Crippen molar-refractivity contribution in [1.82, 2.24) is 9.55 Å². The van der Waals surface area contributed by atoms with Crippen LogP contribution in [0.4, 0.5) is 5.69 Å². The lowest BCUT2D eigenvalue weighted by Crippen LogP contribution is -2.11. The summed E-state index contributed by atoms with van der Waals surface area (Å²) >= 11 is 0. The average molecular weight is 352 g/mol. The fourth-order valence-corrected chi connectivity index (χ4v) is 3.08. The Labute approximate surface area is 156 Å². The quantitative estimate of drug-likeness (QED) is 0.592. The SMILES string of the molecule is Cc1nc2cc(NC(=O)c3ccc(C#N)cc3)ccc2n1-c1ccccc1. The number of anilines is 1. The lowest BCUT2D eigenvalue weighted by atomic mass is 10.1. The Bertz CT molecular complexity index is 1170. The van der Waals surface area contributed by atoms with Crippen LogP contribution in [-0.2, 0) is 0 Å². The number of rotatable bonds is 3. The summed E-state index contributed by atoms with van der Waals surface area (Å²) in [5.41, 5.74) is 4.54. The molecule has 130 valence electrons. The monoisotopic (exact) mass is 352 g/mol. The highest BCUT2D eigenvalue weighted by Gasteiger charge is 2.11. The van der Waals surface area contributed by atoms with Crippen LogP contribution in [0.3, 0.4) is 0 Å². The number of aryl methyl sites for hydroxylation is 1. The van der Waals surface area contributed by atoms with Gasteiger partial charge in [0, 0.05) is 16.9 Å². The van der Waals surface area contributed by atoms with Crippen molar-refractivity contribution in [2.45, 2.75) is 6.92 Å². The molecule has 0 aliphatic heterocycles. The van der Waals surface area contributed by atoms with Gasteiger partial charge in [-0.2, -0.15) is 5.26 Å². The number of amides is 1. The van der Waals surface area contributed by atoms with Crippen molar-refractivity contribution in [1.29, 1.82) is 5.26 Å². The van der Waals surface area contributed by atoms with E-state index in [2.05, 4.69) is 14.9 Å². The maximum absolute atomic E-state index is 12.4. The second-order valence-corrected chi connectivity index (χ2v) is 6.18. The molecular weight excluding hydrogens is 336 g/mol. The van der Waals surface area contributed by atoms with E-state index in [-0.39, 0.29) is 5.91 Å². The van der Waals surface area contributed by atoms with Gasteiger partial charge in [-0.3, -0.25) is 9.36 Å². The fraction of sp³-hybridized carbons (Fsp3) is 0.0455. The van der Waals surface area contributed by atoms with Crippen LogP contribution in [0.15, 0.2) is 72.8 Å². The molecule has 0 fully saturated rings. The van der Waals surface area contributed by atoms with Crippen molar-refractivity contribution in [3.63, 3.8) is 0 Å². The molecule has 27 heavy (non-hydrogen) atoms. The molecule has 5 nitrogen and oxygen atoms in total. The summed E-state index contributed by atoms with van der Waals surface area (Å²) in [7, 11) is 0. The summed E-state index contributed by atoms with van der Waals surface area (Å²) in [6, 6.07) is 24.3. The first-order valence-corrected chi connectivity index (χ1v) is 8.52. The molecular formula is C22H16N4O. The van der Waals surface area contributed by atoms with Crippen LogP contribution < -0.4 is 5.32 Å². The number of carbonyl (C=O) groups excluding carboxylic acids is 1. The van der Waals surface area contributed by atoms with Crippen molar-refractivity contribution >= 4 is 22.6 Å². The number of hydrogen-bond donors (Lipinski definition) is 1. The Morgan fingerprint density at radius 1 is 1.04 bits per heavy atom. The Kier molecular flexibility index (Phi) is 4.15. The molecule has 4 aromatic rings. The largest absolute Gasteiger partial charge is 0.322 e. The van der Waals surface area contributed by atoms with E-state index in [9.17, 15) is 4.79 Å². The number of nitrogens with one attached hydrogen (secondary N) is 1. The second-order valence-electron chi connectivity index (χ2n) is 6.18. The fourth-order valence-electron chi connectivity index (χ4n) is 3.08. The minimum absolute atomic E-state index is 0.224. The zero-order valence-corrected chi connectivity index (χ0v) is 14.7. The summed E-state index contributed by atoms with van der Waals surface area (Å²) in [6.45, 7) is 1.96. The first-order chi connectivity index (χ1) is 13.2. The molecule has 0 bridgehead atoms. The van der Waals surface area contributed by atoms with Crippen LogP contribution in [0.1, 0.15) is 21.7 Å². The van der Waals surface area contributed by atoms with Crippen LogP contribution in [0.2, 0.25) is 0 Å². The van der Waals surface area contributed by atoms with E-state index in [1.165, 1.54) is 0 Å². The third kappa shape index (κ3) is 3.16. The van der Waals surface area contributed by atoms with Crippen LogP contribution in [-0.4, -0.2) is 15.5 Å². The summed E-state index contributed by atoms with van der Waals surface area (Å²) in [5.74, 6) is 0.657. The number of imidazole rings is 1. The van der Waals surface area contributed by atoms with E-state index in [4.69, 9.17) is 5.26 Å². The molecule has 1 aromatic heterocycles. The number of benzene rings is 3. The predicted octanol–water partition coefficient (Wildman–Crippen LogP) is 4.46. The predicted molar refractivity (Wildman–Crippen MR) is 105 cm³/mol. The lowest BCUT2D eigenvalue weighted by Gasteiger charge is -2.08. The Morgan fingerprint density at radius 2 is 1.78 bits per heavy atom. The molecule has 5 heteroatoms. The van der Waals surface area contributed by atoms with Gasteiger partial charge in [0.05, 0.1) is 22.7 Å². The molecule has 0 saturated carbocycles. The molecule has 0 radical (unpaired) electrons. The molecule has 0 aliphatic rings. The minimum Gasteiger partial charge on any atom is -0.322 e. The normalized spacial score (nSPS) is 10.5. The van der Waals surface area contributed by atoms with Crippen LogP contribution in [0.25, 0.3) is 16.7 Å². The van der Waals surface area contributed by atoms with Gasteiger partial charge in [0.15, 0.2) is 0 Å². The highest BCUT2D eigenvalue weighted by molar-refractivity contribution is 6.05. The average Bonchev–Trinajstić information content (AvgIpc) is 3.03. The number of fused-ring (bicyclic) bond motifs is 1. The third-order valence-corrected chi connectivity index (χ3v) is 4.37. The number of nitriles is 1. The van der Waals surface area contributed by atoms with Gasteiger partial charge in [0.2, 0.25) is 0 Å². The Balaban J connectivity index is 1.64. The van der Waals surface area contributed by atoms with Crippen LogP contribution in [0.5, 0.6) is 0 Å². The molecule has 0 saturated heterocycles. The highest BCUT2D eigenvalue weighted by atomic mass is 16.1. The molecule has 0 spiro atoms. The molecule has 3 aromatic carbocycles. The molecule has 1 amide bonds. The smallest absolute Gasteiger partial charge is 0.255 e. The Morgan fingerprint density at radius 3 is 2.48 bits per heavy atom. The van der Waals surface area contributed by atoms with Gasteiger partial charge in [0.1, 0.15) is 5.82 Å². The van der Waals surface area contributed by atoms with Crippen molar-refractivity contribution in [3.8, 4) is 11.8 Å². The molecule has 0 unspecified atom stereocenters. The maximum atomic E-state index is 12.4. The number of carbonyl (C=O) groups is 1. The molecule has 0 atom stereocenters. The van der Waals surface area contributed by atoms with Gasteiger partial charge < -0.3 is 5.32 Å². The van der Waals surface area contributed by atoms with Gasteiger partial charge in [0.25, 0.3) is 5.91 Å².